The molecule has 0 unspecified atom stereocenters. The summed E-state index contributed by atoms with van der Waals surface area (Å²) in [6.45, 7) is 8.33. The van der Waals surface area contributed by atoms with Crippen molar-refractivity contribution in [3.8, 4) is 5.75 Å². The van der Waals surface area contributed by atoms with Gasteiger partial charge < -0.3 is 10.1 Å². The zero-order valence-corrected chi connectivity index (χ0v) is 22.8. The van der Waals surface area contributed by atoms with E-state index >= 15 is 0 Å². The monoisotopic (exact) mass is 479 g/mol. The molecule has 2 aromatic rings. The number of carbonyl (C=O) groups excluding carboxylic acids is 1. The van der Waals surface area contributed by atoms with Crippen LogP contribution in [0.25, 0.3) is 0 Å². The summed E-state index contributed by atoms with van der Waals surface area (Å²) in [6, 6.07) is 13.9. The molecule has 1 amide bonds. The first kappa shape index (κ1) is 28.9. The molecule has 0 fully saturated rings. The van der Waals surface area contributed by atoms with Crippen molar-refractivity contribution in [1.29, 1.82) is 0 Å². The fraction of sp³-hybridized carbons (Fsp3) is 0.594. The minimum Gasteiger partial charge on any atom is -0.490 e. The zero-order chi connectivity index (χ0) is 25.3. The summed E-state index contributed by atoms with van der Waals surface area (Å²) < 4.78 is 6.02. The second-order valence-corrected chi connectivity index (χ2v) is 10.3. The molecule has 3 nitrogen and oxygen atoms in total. The summed E-state index contributed by atoms with van der Waals surface area (Å²) in [5.74, 6) is 0.589. The summed E-state index contributed by atoms with van der Waals surface area (Å²) in [7, 11) is 0. The van der Waals surface area contributed by atoms with Gasteiger partial charge in [0.05, 0.1) is 11.7 Å². The molecule has 0 bridgehead atoms. The Balaban J connectivity index is 1.79. The Bertz CT molecular complexity index is 841. The number of hydrogen-bond donors (Lipinski definition) is 1. The Hall–Kier alpha value is -2.29. The quantitative estimate of drug-likeness (QED) is 0.216. The van der Waals surface area contributed by atoms with E-state index in [0.717, 1.165) is 24.1 Å². The van der Waals surface area contributed by atoms with Crippen LogP contribution in [0.15, 0.2) is 42.5 Å². The summed E-state index contributed by atoms with van der Waals surface area (Å²) in [6.07, 6.45) is 18.4. The highest BCUT2D eigenvalue weighted by atomic mass is 16.5. The maximum absolute atomic E-state index is 13.3. The largest absolute Gasteiger partial charge is 0.490 e. The second kappa shape index (κ2) is 17.2. The van der Waals surface area contributed by atoms with Crippen LogP contribution in [0.4, 0.5) is 5.69 Å². The summed E-state index contributed by atoms with van der Waals surface area (Å²) in [4.78, 5) is 13.3. The molecule has 0 aliphatic heterocycles. The highest BCUT2D eigenvalue weighted by Gasteiger charge is 2.18. The first-order valence-electron chi connectivity index (χ1n) is 14.2. The van der Waals surface area contributed by atoms with E-state index in [0.29, 0.717) is 11.3 Å². The fourth-order valence-electron chi connectivity index (χ4n) is 4.56. The maximum Gasteiger partial charge on any atom is 0.259 e. The van der Waals surface area contributed by atoms with Gasteiger partial charge in [0.1, 0.15) is 5.75 Å². The van der Waals surface area contributed by atoms with Crippen molar-refractivity contribution in [2.75, 3.05) is 5.32 Å². The summed E-state index contributed by atoms with van der Waals surface area (Å²) in [5.41, 5.74) is 3.75. The molecule has 194 valence electrons. The molecule has 0 spiro atoms. The van der Waals surface area contributed by atoms with Crippen molar-refractivity contribution in [3.63, 3.8) is 0 Å². The van der Waals surface area contributed by atoms with Gasteiger partial charge in [-0.05, 0) is 57.4 Å². The highest BCUT2D eigenvalue weighted by molar-refractivity contribution is 6.07. The van der Waals surface area contributed by atoms with Crippen molar-refractivity contribution in [2.45, 2.75) is 124 Å². The number of rotatable bonds is 18. The number of anilines is 1. The number of nitrogens with one attached hydrogen (secondary N) is 1. The molecule has 0 aromatic heterocycles. The van der Waals surface area contributed by atoms with Crippen LogP contribution in [0.1, 0.15) is 126 Å². The molecule has 3 heteroatoms. The SMILES string of the molecule is CCCCCCCCCCCCCCCc1cccc(OC(C)C)c1C(=O)Nc1ccc(C)cc1. The fourth-order valence-corrected chi connectivity index (χ4v) is 4.56. The lowest BCUT2D eigenvalue weighted by Crippen LogP contribution is -2.18. The standard InChI is InChI=1S/C32H49NO2/c1-5-6-7-8-9-10-11-12-13-14-15-16-17-19-28-20-18-21-30(35-26(2)3)31(28)32(34)33-29-24-22-27(4)23-25-29/h18,20-26H,5-17,19H2,1-4H3,(H,33,34). The van der Waals surface area contributed by atoms with Crippen LogP contribution in [0, 0.1) is 6.92 Å². The average Bonchev–Trinajstić information content (AvgIpc) is 2.83. The molecule has 2 rings (SSSR count). The van der Waals surface area contributed by atoms with Crippen LogP contribution < -0.4 is 10.1 Å². The molecule has 1 N–H and O–H groups in total. The van der Waals surface area contributed by atoms with E-state index in [9.17, 15) is 4.79 Å². The first-order chi connectivity index (χ1) is 17.0. The number of benzene rings is 2. The lowest BCUT2D eigenvalue weighted by Gasteiger charge is -2.17. The van der Waals surface area contributed by atoms with Gasteiger partial charge in [0.25, 0.3) is 5.91 Å². The molecule has 2 aromatic carbocycles. The number of carbonyl (C=O) groups is 1. The van der Waals surface area contributed by atoms with Gasteiger partial charge in [0, 0.05) is 5.69 Å². The van der Waals surface area contributed by atoms with Gasteiger partial charge in [-0.3, -0.25) is 4.79 Å². The third-order valence-electron chi connectivity index (χ3n) is 6.56. The number of unbranched alkanes of at least 4 members (excludes halogenated alkanes) is 12. The molecular weight excluding hydrogens is 430 g/mol. The van der Waals surface area contributed by atoms with Crippen molar-refractivity contribution in [3.05, 3.63) is 59.2 Å². The van der Waals surface area contributed by atoms with Gasteiger partial charge in [-0.1, -0.05) is 114 Å². The highest BCUT2D eigenvalue weighted by Crippen LogP contribution is 2.27. The van der Waals surface area contributed by atoms with E-state index in [1.54, 1.807) is 0 Å². The molecule has 0 saturated carbocycles. The Morgan fingerprint density at radius 1 is 0.771 bits per heavy atom. The van der Waals surface area contributed by atoms with E-state index in [1.807, 2.05) is 57.2 Å². The van der Waals surface area contributed by atoms with Gasteiger partial charge in [-0.2, -0.15) is 0 Å². The normalized spacial score (nSPS) is 11.1. The topological polar surface area (TPSA) is 38.3 Å². The third kappa shape index (κ3) is 11.8. The van der Waals surface area contributed by atoms with Crippen LogP contribution in [-0.4, -0.2) is 12.0 Å². The predicted molar refractivity (Wildman–Crippen MR) is 151 cm³/mol. The molecule has 0 saturated heterocycles. The Morgan fingerprint density at radius 2 is 1.31 bits per heavy atom. The van der Waals surface area contributed by atoms with Crippen molar-refractivity contribution >= 4 is 11.6 Å². The number of hydrogen-bond acceptors (Lipinski definition) is 2. The van der Waals surface area contributed by atoms with Gasteiger partial charge in [0.2, 0.25) is 0 Å². The van der Waals surface area contributed by atoms with Crippen molar-refractivity contribution in [2.24, 2.45) is 0 Å². The van der Waals surface area contributed by atoms with Crippen molar-refractivity contribution in [1.82, 2.24) is 0 Å². The van der Waals surface area contributed by atoms with Gasteiger partial charge in [0.15, 0.2) is 0 Å². The van der Waals surface area contributed by atoms with E-state index in [2.05, 4.69) is 18.3 Å². The van der Waals surface area contributed by atoms with Crippen molar-refractivity contribution < 1.29 is 9.53 Å². The zero-order valence-electron chi connectivity index (χ0n) is 22.8. The smallest absolute Gasteiger partial charge is 0.259 e. The van der Waals surface area contributed by atoms with Gasteiger partial charge in [-0.25, -0.2) is 0 Å². The predicted octanol–water partition coefficient (Wildman–Crippen LogP) is 9.67. The van der Waals surface area contributed by atoms with Crippen LogP contribution in [-0.2, 0) is 6.42 Å². The molecule has 35 heavy (non-hydrogen) atoms. The Kier molecular flexibility index (Phi) is 14.2. The third-order valence-corrected chi connectivity index (χ3v) is 6.56. The van der Waals surface area contributed by atoms with E-state index in [4.69, 9.17) is 4.74 Å². The summed E-state index contributed by atoms with van der Waals surface area (Å²) in [5, 5.41) is 3.07. The number of ether oxygens (including phenoxy) is 1. The second-order valence-electron chi connectivity index (χ2n) is 10.3. The molecule has 0 atom stereocenters. The lowest BCUT2D eigenvalue weighted by atomic mass is 9.98. The van der Waals surface area contributed by atoms with Crippen LogP contribution in [0.5, 0.6) is 5.75 Å². The van der Waals surface area contributed by atoms with Crippen LogP contribution >= 0.6 is 0 Å². The average molecular weight is 480 g/mol. The lowest BCUT2D eigenvalue weighted by molar-refractivity contribution is 0.102. The minimum absolute atomic E-state index is 0.0208. The van der Waals surface area contributed by atoms with E-state index in [1.165, 1.54) is 82.6 Å². The molecular formula is C32H49NO2. The Labute approximate surface area is 215 Å². The Morgan fingerprint density at radius 3 is 1.86 bits per heavy atom. The number of amides is 1. The van der Waals surface area contributed by atoms with Gasteiger partial charge >= 0.3 is 0 Å². The van der Waals surface area contributed by atoms with Gasteiger partial charge in [-0.15, -0.1) is 0 Å². The maximum atomic E-state index is 13.3. The molecule has 0 heterocycles. The van der Waals surface area contributed by atoms with Crippen LogP contribution in [0.3, 0.4) is 0 Å². The number of aryl methyl sites for hydroxylation is 2. The van der Waals surface area contributed by atoms with E-state index < -0.39 is 0 Å². The molecule has 0 aliphatic carbocycles. The van der Waals surface area contributed by atoms with Crippen LogP contribution in [0.2, 0.25) is 0 Å². The molecule has 0 aliphatic rings. The summed E-state index contributed by atoms with van der Waals surface area (Å²) >= 11 is 0. The first-order valence-corrected chi connectivity index (χ1v) is 14.2. The molecule has 0 radical (unpaired) electrons. The minimum atomic E-state index is -0.0882. The van der Waals surface area contributed by atoms with E-state index in [-0.39, 0.29) is 12.0 Å².